The summed E-state index contributed by atoms with van der Waals surface area (Å²) in [7, 11) is 4.27. The van der Waals surface area contributed by atoms with Crippen LogP contribution in [0.15, 0.2) is 84.2 Å². The third kappa shape index (κ3) is 7.78. The van der Waals surface area contributed by atoms with E-state index < -0.39 is 28.9 Å². The van der Waals surface area contributed by atoms with Gasteiger partial charge in [0, 0.05) is 55.5 Å². The van der Waals surface area contributed by atoms with Gasteiger partial charge in [-0.2, -0.15) is 0 Å². The molecule has 0 bridgehead atoms. The number of benzene rings is 3. The molecule has 0 aliphatic carbocycles. The lowest BCUT2D eigenvalue weighted by Gasteiger charge is -2.36. The van der Waals surface area contributed by atoms with E-state index >= 15 is 4.39 Å². The van der Waals surface area contributed by atoms with Gasteiger partial charge in [0.2, 0.25) is 5.95 Å². The van der Waals surface area contributed by atoms with Gasteiger partial charge < -0.3 is 25.0 Å². The van der Waals surface area contributed by atoms with Crippen LogP contribution in [0.25, 0.3) is 17.0 Å². The third-order valence-electron chi connectivity index (χ3n) is 8.71. The number of rotatable bonds is 10. The van der Waals surface area contributed by atoms with Gasteiger partial charge in [-0.3, -0.25) is 9.59 Å². The first-order chi connectivity index (χ1) is 23.7. The summed E-state index contributed by atoms with van der Waals surface area (Å²) in [5.74, 6) is -3.01. The Bertz CT molecular complexity index is 2050. The van der Waals surface area contributed by atoms with E-state index in [1.807, 2.05) is 12.1 Å². The number of hydrogen-bond donors (Lipinski definition) is 2. The average Bonchev–Trinajstić information content (AvgIpc) is 3.10. The van der Waals surface area contributed by atoms with Crippen molar-refractivity contribution in [1.29, 1.82) is 0 Å². The largest absolute Gasteiger partial charge is 0.372 e. The second-order valence-corrected chi connectivity index (χ2v) is 12.0. The summed E-state index contributed by atoms with van der Waals surface area (Å²) in [6, 6.07) is 15.1. The monoisotopic (exact) mass is 668 g/mol. The van der Waals surface area contributed by atoms with Crippen LogP contribution in [0.2, 0.25) is 0 Å². The molecule has 2 aromatic heterocycles. The number of carbonyl (C=O) groups is 1. The zero-order chi connectivity index (χ0) is 34.5. The molecule has 252 valence electrons. The maximum atomic E-state index is 15.6. The molecule has 0 atom stereocenters. The highest BCUT2D eigenvalue weighted by Gasteiger charge is 2.21. The number of aromatic nitrogens is 4. The van der Waals surface area contributed by atoms with Crippen LogP contribution in [0.5, 0.6) is 0 Å². The molecule has 0 spiro atoms. The smallest absolute Gasteiger partial charge is 0.263 e. The third-order valence-corrected chi connectivity index (χ3v) is 8.71. The number of carbonyl (C=O) groups excluding carboxylic acids is 1. The number of nitrogens with one attached hydrogen (secondary N) is 2. The second kappa shape index (κ2) is 14.7. The van der Waals surface area contributed by atoms with Gasteiger partial charge in [0.1, 0.15) is 11.4 Å². The van der Waals surface area contributed by atoms with Gasteiger partial charge in [0.25, 0.3) is 11.5 Å². The fraction of sp³-hybridized carbons (Fsp3) is 0.250. The number of aromatic amines is 1. The average molecular weight is 669 g/mol. The molecule has 5 aromatic rings. The van der Waals surface area contributed by atoms with Crippen molar-refractivity contribution in [1.82, 2.24) is 29.7 Å². The highest BCUT2D eigenvalue weighted by atomic mass is 19.2. The van der Waals surface area contributed by atoms with Crippen LogP contribution in [0, 0.1) is 17.5 Å². The Morgan fingerprint density at radius 2 is 1.82 bits per heavy atom. The van der Waals surface area contributed by atoms with E-state index in [2.05, 4.69) is 61.3 Å². The lowest BCUT2D eigenvalue weighted by atomic mass is 10.0. The van der Waals surface area contributed by atoms with Crippen molar-refractivity contribution < 1.29 is 18.0 Å². The topological polar surface area (TPSA) is 110 Å². The van der Waals surface area contributed by atoms with Crippen molar-refractivity contribution in [2.24, 2.45) is 0 Å². The molecule has 1 saturated heterocycles. The van der Waals surface area contributed by atoms with Crippen LogP contribution < -0.4 is 15.8 Å². The highest BCUT2D eigenvalue weighted by molar-refractivity contribution is 5.93. The number of nitrogens with zero attached hydrogens (tertiary/aromatic N) is 6. The fourth-order valence-electron chi connectivity index (χ4n) is 5.83. The van der Waals surface area contributed by atoms with E-state index in [-0.39, 0.29) is 29.6 Å². The lowest BCUT2D eigenvalue weighted by molar-refractivity contribution is 0.0760. The molecule has 1 fully saturated rings. The standard InChI is InChI=1S/C36H35F3N8O2/c1-45-16-13-27(14-17-45)46(2)26-9-7-25(8-10-26)43-36-41-20-28-32(44-36)12-6-24(33(28)39)4-3-15-47(21-23-5-11-30(37)31(38)18-23)35(49)29-19-40-22-42-34(29)48/h3-12,18-20,22,27H,13-17,21H2,1-2H3,(H,40,42,48)(H,41,43,44)/b4-3+. The van der Waals surface area contributed by atoms with E-state index in [0.29, 0.717) is 23.1 Å². The van der Waals surface area contributed by atoms with Crippen molar-refractivity contribution in [2.45, 2.75) is 25.4 Å². The van der Waals surface area contributed by atoms with Crippen molar-refractivity contribution in [3.05, 3.63) is 124 Å². The Labute approximate surface area is 280 Å². The number of amides is 1. The minimum Gasteiger partial charge on any atom is -0.372 e. The summed E-state index contributed by atoms with van der Waals surface area (Å²) in [6.07, 6.45) is 8.96. The minimum absolute atomic E-state index is 0.0738. The summed E-state index contributed by atoms with van der Waals surface area (Å²) in [4.78, 5) is 46.4. The van der Waals surface area contributed by atoms with E-state index in [4.69, 9.17) is 0 Å². The fourth-order valence-corrected chi connectivity index (χ4v) is 5.83. The van der Waals surface area contributed by atoms with E-state index in [9.17, 15) is 18.4 Å². The van der Waals surface area contributed by atoms with Crippen molar-refractivity contribution >= 4 is 40.2 Å². The summed E-state index contributed by atoms with van der Waals surface area (Å²) in [5, 5.41) is 3.40. The molecule has 1 aliphatic rings. The first-order valence-electron chi connectivity index (χ1n) is 15.8. The summed E-state index contributed by atoms with van der Waals surface area (Å²) in [5.41, 5.74) is 1.97. The maximum absolute atomic E-state index is 15.6. The zero-order valence-electron chi connectivity index (χ0n) is 27.0. The molecule has 6 rings (SSSR count). The number of H-pyrrole nitrogens is 1. The van der Waals surface area contributed by atoms with Crippen LogP contribution in [0.4, 0.5) is 30.5 Å². The summed E-state index contributed by atoms with van der Waals surface area (Å²) >= 11 is 0. The molecule has 0 unspecified atom stereocenters. The number of likely N-dealkylation sites (tertiary alicyclic amines) is 1. The summed E-state index contributed by atoms with van der Waals surface area (Å²) < 4.78 is 43.0. The number of fused-ring (bicyclic) bond motifs is 1. The molecule has 0 radical (unpaired) electrons. The number of piperidine rings is 1. The molecule has 10 nitrogen and oxygen atoms in total. The maximum Gasteiger partial charge on any atom is 0.263 e. The predicted octanol–water partition coefficient (Wildman–Crippen LogP) is 5.76. The van der Waals surface area contributed by atoms with Gasteiger partial charge in [0.15, 0.2) is 11.6 Å². The van der Waals surface area contributed by atoms with Gasteiger partial charge in [-0.1, -0.05) is 18.2 Å². The molecular formula is C36H35F3N8O2. The Morgan fingerprint density at radius 3 is 2.55 bits per heavy atom. The number of anilines is 3. The Morgan fingerprint density at radius 1 is 1.04 bits per heavy atom. The zero-order valence-corrected chi connectivity index (χ0v) is 27.0. The molecule has 1 amide bonds. The van der Waals surface area contributed by atoms with Crippen LogP contribution >= 0.6 is 0 Å². The van der Waals surface area contributed by atoms with Crippen LogP contribution in [-0.4, -0.2) is 75.4 Å². The van der Waals surface area contributed by atoms with Crippen LogP contribution in [-0.2, 0) is 6.54 Å². The number of hydrogen-bond acceptors (Lipinski definition) is 8. The molecule has 13 heteroatoms. The van der Waals surface area contributed by atoms with Crippen LogP contribution in [0.3, 0.4) is 0 Å². The van der Waals surface area contributed by atoms with Gasteiger partial charge in [-0.15, -0.1) is 0 Å². The van der Waals surface area contributed by atoms with Crippen LogP contribution in [0.1, 0.15) is 34.3 Å². The second-order valence-electron chi connectivity index (χ2n) is 12.0. The van der Waals surface area contributed by atoms with Gasteiger partial charge >= 0.3 is 0 Å². The number of halogens is 3. The Kier molecular flexibility index (Phi) is 10.00. The normalized spacial score (nSPS) is 14.0. The Balaban J connectivity index is 1.15. The lowest BCUT2D eigenvalue weighted by Crippen LogP contribution is -2.41. The van der Waals surface area contributed by atoms with Crippen molar-refractivity contribution in [2.75, 3.05) is 43.9 Å². The first-order valence-corrected chi connectivity index (χ1v) is 15.8. The first kappa shape index (κ1) is 33.3. The quantitative estimate of drug-likeness (QED) is 0.193. The molecule has 3 aromatic carbocycles. The summed E-state index contributed by atoms with van der Waals surface area (Å²) in [6.45, 7) is 1.96. The molecule has 49 heavy (non-hydrogen) atoms. The SMILES string of the molecule is CN1CCC(N(C)c2ccc(Nc3ncc4c(F)c(/C=C/CN(Cc5ccc(F)c(F)c5)C(=O)c5cnc[nH]c5=O)ccc4n3)cc2)CC1. The minimum atomic E-state index is -1.07. The molecule has 0 saturated carbocycles. The molecule has 2 N–H and O–H groups in total. The Hall–Kier alpha value is -5.56. The van der Waals surface area contributed by atoms with E-state index in [0.717, 1.165) is 62.0 Å². The molecule has 3 heterocycles. The van der Waals surface area contributed by atoms with E-state index in [1.54, 1.807) is 12.1 Å². The highest BCUT2D eigenvalue weighted by Crippen LogP contribution is 2.26. The van der Waals surface area contributed by atoms with E-state index in [1.165, 1.54) is 29.3 Å². The van der Waals surface area contributed by atoms with Crippen molar-refractivity contribution in [3.63, 3.8) is 0 Å². The molecule has 1 aliphatic heterocycles. The predicted molar refractivity (Wildman–Crippen MR) is 183 cm³/mol. The van der Waals surface area contributed by atoms with Gasteiger partial charge in [-0.05, 0) is 87.1 Å². The van der Waals surface area contributed by atoms with Crippen molar-refractivity contribution in [3.8, 4) is 0 Å². The van der Waals surface area contributed by atoms with Gasteiger partial charge in [0.05, 0.1) is 17.2 Å². The molecular weight excluding hydrogens is 633 g/mol. The van der Waals surface area contributed by atoms with Gasteiger partial charge in [-0.25, -0.2) is 28.1 Å².